The number of rotatable bonds is 10. The van der Waals surface area contributed by atoms with Gasteiger partial charge in [0, 0.05) is 58.7 Å². The summed E-state index contributed by atoms with van der Waals surface area (Å²) in [7, 11) is 2.96. The number of aliphatic hydroxyl groups is 3. The minimum Gasteiger partial charge on any atom is -0.462 e. The van der Waals surface area contributed by atoms with Crippen LogP contribution in [0.5, 0.6) is 0 Å². The first-order chi connectivity index (χ1) is 26.8. The summed E-state index contributed by atoms with van der Waals surface area (Å²) < 4.78 is 54.7. The van der Waals surface area contributed by atoms with Crippen LogP contribution in [0.2, 0.25) is 0 Å². The van der Waals surface area contributed by atoms with E-state index in [1.54, 1.807) is 62.3 Å². The van der Waals surface area contributed by atoms with Crippen molar-refractivity contribution in [2.24, 2.45) is 35.5 Å². The third-order valence-corrected chi connectivity index (χ3v) is 12.8. The molecular weight excluding hydrogens is 760 g/mol. The van der Waals surface area contributed by atoms with Crippen LogP contribution >= 0.6 is 0 Å². The van der Waals surface area contributed by atoms with E-state index in [-0.39, 0.29) is 18.9 Å². The Hall–Kier alpha value is -2.28. The number of ether oxygens (including phenoxy) is 9. The van der Waals surface area contributed by atoms with Crippen molar-refractivity contribution in [3.63, 3.8) is 0 Å². The van der Waals surface area contributed by atoms with Crippen molar-refractivity contribution in [2.75, 3.05) is 14.2 Å². The second-order valence-corrected chi connectivity index (χ2v) is 17.7. The summed E-state index contributed by atoms with van der Waals surface area (Å²) in [4.78, 5) is 53.7. The smallest absolute Gasteiger partial charge is 0.311 e. The number of cyclic esters (lactones) is 1. The van der Waals surface area contributed by atoms with Gasteiger partial charge in [0.25, 0.3) is 0 Å². The van der Waals surface area contributed by atoms with Crippen LogP contribution in [0.15, 0.2) is 0 Å². The number of methoxy groups -OCH3 is 2. The lowest BCUT2D eigenvalue weighted by molar-refractivity contribution is -0.312. The van der Waals surface area contributed by atoms with Crippen molar-refractivity contribution in [2.45, 2.75) is 194 Å². The van der Waals surface area contributed by atoms with Crippen LogP contribution < -0.4 is 0 Å². The lowest BCUT2D eigenvalue weighted by atomic mass is 9.74. The number of hydrogen-bond donors (Lipinski definition) is 3. The van der Waals surface area contributed by atoms with Gasteiger partial charge in [0.2, 0.25) is 0 Å². The monoisotopic (exact) mass is 832 g/mol. The molecule has 3 aliphatic heterocycles. The molecule has 0 bridgehead atoms. The maximum absolute atomic E-state index is 14.7. The van der Waals surface area contributed by atoms with Crippen LogP contribution in [-0.4, -0.2) is 138 Å². The first kappa shape index (κ1) is 50.1. The van der Waals surface area contributed by atoms with E-state index in [1.807, 2.05) is 6.92 Å². The van der Waals surface area contributed by atoms with Gasteiger partial charge in [0.15, 0.2) is 18.4 Å². The molecule has 0 radical (unpaired) electrons. The van der Waals surface area contributed by atoms with Crippen LogP contribution in [0.3, 0.4) is 0 Å². The third kappa shape index (κ3) is 11.8. The van der Waals surface area contributed by atoms with Crippen LogP contribution in [0.1, 0.15) is 109 Å². The number of carbonyl (C=O) groups is 4. The maximum atomic E-state index is 14.7. The van der Waals surface area contributed by atoms with Gasteiger partial charge >= 0.3 is 17.9 Å². The van der Waals surface area contributed by atoms with E-state index in [2.05, 4.69) is 0 Å². The number of ketones is 1. The van der Waals surface area contributed by atoms with E-state index in [1.165, 1.54) is 35.0 Å². The normalized spacial score (nSPS) is 44.7. The number of aliphatic hydroxyl groups excluding tert-OH is 2. The van der Waals surface area contributed by atoms with Crippen molar-refractivity contribution >= 4 is 23.7 Å². The minimum absolute atomic E-state index is 0.0836. The molecule has 336 valence electrons. The fourth-order valence-corrected chi connectivity index (χ4v) is 9.17. The van der Waals surface area contributed by atoms with Gasteiger partial charge in [-0.3, -0.25) is 19.2 Å². The van der Waals surface area contributed by atoms with E-state index in [0.29, 0.717) is 6.42 Å². The molecule has 0 aromatic heterocycles. The van der Waals surface area contributed by atoms with Gasteiger partial charge in [0.05, 0.1) is 48.0 Å². The molecule has 1 unspecified atom stereocenters. The molecule has 3 fully saturated rings. The molecule has 0 saturated carbocycles. The molecule has 3 aliphatic rings. The second kappa shape index (κ2) is 20.5. The molecule has 0 aromatic carbocycles. The van der Waals surface area contributed by atoms with Gasteiger partial charge in [-0.2, -0.15) is 0 Å². The maximum Gasteiger partial charge on any atom is 0.311 e. The zero-order chi connectivity index (χ0) is 44.2. The Morgan fingerprint density at radius 3 is 2.00 bits per heavy atom. The Balaban J connectivity index is 2.26. The Kier molecular flexibility index (Phi) is 17.7. The number of hydrogen-bond acceptors (Lipinski definition) is 16. The van der Waals surface area contributed by atoms with Gasteiger partial charge in [-0.1, -0.05) is 34.6 Å². The Labute approximate surface area is 344 Å². The highest BCUT2D eigenvalue weighted by Crippen LogP contribution is 2.40. The highest BCUT2D eigenvalue weighted by molar-refractivity contribution is 5.89. The molecule has 16 heteroatoms. The van der Waals surface area contributed by atoms with Gasteiger partial charge < -0.3 is 58.0 Å². The van der Waals surface area contributed by atoms with Crippen LogP contribution in [-0.2, 0) is 61.8 Å². The van der Waals surface area contributed by atoms with Crippen molar-refractivity contribution in [3.05, 3.63) is 0 Å². The predicted octanol–water partition coefficient (Wildman–Crippen LogP) is 3.50. The quantitative estimate of drug-likeness (QED) is 0.212. The van der Waals surface area contributed by atoms with Crippen molar-refractivity contribution in [1.82, 2.24) is 0 Å². The van der Waals surface area contributed by atoms with E-state index in [9.17, 15) is 34.5 Å². The van der Waals surface area contributed by atoms with Crippen molar-refractivity contribution in [3.8, 4) is 0 Å². The highest BCUT2D eigenvalue weighted by atomic mass is 16.7. The first-order valence-corrected chi connectivity index (χ1v) is 20.7. The highest BCUT2D eigenvalue weighted by Gasteiger charge is 2.52. The molecular formula is C42H72O16. The standard InChI is InChI=1S/C42H72O16/c1-19-17-41(12,49)37(46)24(6)35(55-29(11)44)23(5)34(21(3)26(8)53-28(10)43)57-39(48)25(7)36(56-31-18-42(13,51-15)38(47)27(9)54-31)22(4)33(19)58-40-32(45)30(50-14)16-20(2)52-40/h19-27,30-36,38,40,45,47,49H,16-18H2,1-15H3/t19-,20+,21-,22+,23-,24+,25+,26-,27-,30-,31-,32+,33?,34+,35-,36-,38+,40-,41-,42+/m0/s1. The molecule has 0 aliphatic carbocycles. The SMILES string of the molecule is CO[C@H]1C[C@@H](C)O[C@@H](OC2[C@@H](C)[C@H](O[C@H]3C[C@@](C)(OC)[C@H](O)[C@H](C)O3)[C@@H](C)C(=O)O[C@H]([C@@H](C)[C@H](C)OC(C)=O)[C@H](C)[C@H](OC(C)=O)[C@@H](C)C(=O)[C@@](C)(O)C[C@@H]2C)[C@@H]1O. The molecule has 3 N–H and O–H groups in total. The van der Waals surface area contributed by atoms with Gasteiger partial charge in [0.1, 0.15) is 36.1 Å². The predicted molar refractivity (Wildman–Crippen MR) is 208 cm³/mol. The summed E-state index contributed by atoms with van der Waals surface area (Å²) in [6.07, 6.45) is -10.8. The van der Waals surface area contributed by atoms with E-state index in [4.69, 9.17) is 42.6 Å². The van der Waals surface area contributed by atoms with Crippen LogP contribution in [0, 0.1) is 35.5 Å². The molecule has 16 nitrogen and oxygen atoms in total. The lowest BCUT2D eigenvalue weighted by Gasteiger charge is -2.47. The fraction of sp³-hybridized carbons (Fsp3) is 0.905. The molecule has 0 amide bonds. The van der Waals surface area contributed by atoms with Crippen molar-refractivity contribution < 1.29 is 77.1 Å². The van der Waals surface area contributed by atoms with Crippen LogP contribution in [0.4, 0.5) is 0 Å². The minimum atomic E-state index is -2.00. The topological polar surface area (TPSA) is 212 Å². The number of esters is 3. The Morgan fingerprint density at radius 1 is 0.828 bits per heavy atom. The summed E-state index contributed by atoms with van der Waals surface area (Å²) >= 11 is 0. The van der Waals surface area contributed by atoms with Gasteiger partial charge in [-0.15, -0.1) is 0 Å². The first-order valence-electron chi connectivity index (χ1n) is 20.7. The zero-order valence-corrected chi connectivity index (χ0v) is 37.2. The number of carbonyl (C=O) groups excluding carboxylic acids is 4. The van der Waals surface area contributed by atoms with Crippen molar-refractivity contribution in [1.29, 1.82) is 0 Å². The molecule has 3 rings (SSSR count). The fourth-order valence-electron chi connectivity index (χ4n) is 9.17. The molecule has 3 saturated heterocycles. The van der Waals surface area contributed by atoms with Gasteiger partial charge in [-0.05, 0) is 53.9 Å². The Morgan fingerprint density at radius 2 is 1.45 bits per heavy atom. The summed E-state index contributed by atoms with van der Waals surface area (Å²) in [5.74, 6) is -7.67. The zero-order valence-electron chi connectivity index (χ0n) is 37.2. The molecule has 0 aromatic rings. The summed E-state index contributed by atoms with van der Waals surface area (Å²) in [5.41, 5.74) is -3.07. The average molecular weight is 833 g/mol. The summed E-state index contributed by atoms with van der Waals surface area (Å²) in [5, 5.41) is 34.4. The Bertz CT molecular complexity index is 1390. The summed E-state index contributed by atoms with van der Waals surface area (Å²) in [6, 6.07) is 0. The second-order valence-electron chi connectivity index (χ2n) is 17.7. The van der Waals surface area contributed by atoms with E-state index >= 15 is 0 Å². The molecule has 20 atom stereocenters. The molecule has 58 heavy (non-hydrogen) atoms. The number of Topliss-reactive ketones (excluding diaryl/α,β-unsaturated/α-hetero) is 1. The molecule has 0 spiro atoms. The lowest BCUT2D eigenvalue weighted by Crippen LogP contribution is -2.58. The van der Waals surface area contributed by atoms with E-state index < -0.39 is 138 Å². The van der Waals surface area contributed by atoms with Gasteiger partial charge in [-0.25, -0.2) is 0 Å². The van der Waals surface area contributed by atoms with Crippen LogP contribution in [0.25, 0.3) is 0 Å². The summed E-state index contributed by atoms with van der Waals surface area (Å²) in [6.45, 7) is 20.9. The van der Waals surface area contributed by atoms with E-state index in [0.717, 1.165) is 0 Å². The third-order valence-electron chi connectivity index (χ3n) is 12.8. The molecule has 3 heterocycles. The average Bonchev–Trinajstić information content (AvgIpc) is 3.14. The largest absolute Gasteiger partial charge is 0.462 e.